The van der Waals surface area contributed by atoms with Crippen LogP contribution in [0.15, 0.2) is 279 Å². The largest absolute Gasteiger partial charge is 0.292 e. The van der Waals surface area contributed by atoms with Crippen molar-refractivity contribution in [3.05, 3.63) is 279 Å². The van der Waals surface area contributed by atoms with E-state index in [1.165, 1.54) is 110 Å². The Labute approximate surface area is 430 Å². The summed E-state index contributed by atoms with van der Waals surface area (Å²) in [5.74, 6) is 0.927. The Hall–Kier alpha value is -9.63. The van der Waals surface area contributed by atoms with Crippen LogP contribution in [0.2, 0.25) is 0 Å². The maximum Gasteiger partial charge on any atom is 0.145 e. The van der Waals surface area contributed by atoms with E-state index >= 15 is 0 Å². The zero-order chi connectivity index (χ0) is 49.0. The molecule has 74 heavy (non-hydrogen) atoms. The molecule has 0 N–H and O–H groups in total. The first-order valence-corrected chi connectivity index (χ1v) is 25.6. The SMILES string of the molecule is C1=CCC=CC(n2c(-c3ccc(-c4c5ccccc5c(-c5ccc6c(-c7cccc(-c8ccccc8)c7)c7ccccc7c(-c7cccc(-c8ccccc8)c7)c6c5)c5ccccc45)cc3)nc3ccccc32)=C1. The zero-order valence-electron chi connectivity index (χ0n) is 40.7. The Morgan fingerprint density at radius 2 is 0.716 bits per heavy atom. The molecule has 0 saturated heterocycles. The van der Waals surface area contributed by atoms with E-state index in [2.05, 4.69) is 284 Å². The maximum atomic E-state index is 5.22. The standard InChI is InChI=1S/C72H48N2/c1-2-10-30-57(29-9-1)74-67-38-18-17-37-66(67)73-72(74)51-41-39-50(40-42-51)68-58-31-11-13-33-60(58)70(61-34-14-12-32-59(61)68)56-43-44-64-65(47-56)71(55-28-20-26-53(46-55)49-23-7-4-8-24-49)63-36-16-15-35-62(63)69(64)54-27-19-25-52(45-54)48-21-5-3-6-22-48/h1,3-47H,2H2. The zero-order valence-corrected chi connectivity index (χ0v) is 40.7. The molecule has 0 saturated carbocycles. The third-order valence-electron chi connectivity index (χ3n) is 15.0. The van der Waals surface area contributed by atoms with Gasteiger partial charge in [0.1, 0.15) is 5.82 Å². The van der Waals surface area contributed by atoms with E-state index in [1.807, 2.05) is 0 Å². The van der Waals surface area contributed by atoms with Crippen LogP contribution in [-0.2, 0) is 0 Å². The lowest BCUT2D eigenvalue weighted by Gasteiger charge is -2.21. The normalized spacial score (nSPS) is 12.5. The molecular formula is C72H48N2. The van der Waals surface area contributed by atoms with Gasteiger partial charge in [0.15, 0.2) is 0 Å². The Kier molecular flexibility index (Phi) is 10.6. The van der Waals surface area contributed by atoms with Crippen molar-refractivity contribution in [3.8, 4) is 78.1 Å². The summed E-state index contributed by atoms with van der Waals surface area (Å²) in [6.45, 7) is 0. The van der Waals surface area contributed by atoms with Crippen LogP contribution in [0.1, 0.15) is 6.42 Å². The highest BCUT2D eigenvalue weighted by Gasteiger charge is 2.22. The van der Waals surface area contributed by atoms with Crippen LogP contribution in [0, 0.1) is 0 Å². The number of fused-ring (bicyclic) bond motifs is 5. The molecule has 1 aromatic heterocycles. The van der Waals surface area contributed by atoms with Crippen LogP contribution >= 0.6 is 0 Å². The smallest absolute Gasteiger partial charge is 0.145 e. The van der Waals surface area contributed by atoms with Gasteiger partial charge in [-0.1, -0.05) is 237 Å². The summed E-state index contributed by atoms with van der Waals surface area (Å²) >= 11 is 0. The van der Waals surface area contributed by atoms with Crippen molar-refractivity contribution >= 4 is 59.8 Å². The van der Waals surface area contributed by atoms with Crippen LogP contribution in [0.5, 0.6) is 0 Å². The van der Waals surface area contributed by atoms with E-state index in [0.717, 1.165) is 34.5 Å². The maximum absolute atomic E-state index is 5.22. The second-order valence-corrected chi connectivity index (χ2v) is 19.3. The van der Waals surface area contributed by atoms with Crippen molar-refractivity contribution < 1.29 is 0 Å². The van der Waals surface area contributed by atoms with Gasteiger partial charge in [-0.15, -0.1) is 0 Å². The molecule has 0 unspecified atom stereocenters. The number of aromatic nitrogens is 2. The molecule has 0 bridgehead atoms. The van der Waals surface area contributed by atoms with E-state index < -0.39 is 0 Å². The molecule has 2 nitrogen and oxygen atoms in total. The molecule has 1 aliphatic rings. The van der Waals surface area contributed by atoms with E-state index in [9.17, 15) is 0 Å². The highest BCUT2D eigenvalue weighted by atomic mass is 15.1. The van der Waals surface area contributed by atoms with Crippen LogP contribution in [0.4, 0.5) is 0 Å². The topological polar surface area (TPSA) is 17.8 Å². The van der Waals surface area contributed by atoms with Crippen molar-refractivity contribution in [3.63, 3.8) is 0 Å². The van der Waals surface area contributed by atoms with E-state index in [-0.39, 0.29) is 0 Å². The molecule has 346 valence electrons. The second-order valence-electron chi connectivity index (χ2n) is 19.3. The molecule has 1 aliphatic carbocycles. The number of benzene rings is 12. The minimum atomic E-state index is 0.908. The fourth-order valence-electron chi connectivity index (χ4n) is 11.7. The van der Waals surface area contributed by atoms with E-state index in [1.54, 1.807) is 0 Å². The summed E-state index contributed by atoms with van der Waals surface area (Å²) in [6.07, 6.45) is 11.8. The molecule has 2 heteroatoms. The summed E-state index contributed by atoms with van der Waals surface area (Å²) in [5.41, 5.74) is 18.7. The molecule has 0 fully saturated rings. The van der Waals surface area contributed by atoms with Crippen LogP contribution in [0.3, 0.4) is 0 Å². The molecule has 1 heterocycles. The number of para-hydroxylation sites is 2. The fourth-order valence-corrected chi connectivity index (χ4v) is 11.7. The lowest BCUT2D eigenvalue weighted by Crippen LogP contribution is -1.98. The fraction of sp³-hybridized carbons (Fsp3) is 0.0139. The summed E-state index contributed by atoms with van der Waals surface area (Å²) in [4.78, 5) is 5.22. The van der Waals surface area contributed by atoms with Gasteiger partial charge in [0.2, 0.25) is 0 Å². The summed E-state index contributed by atoms with van der Waals surface area (Å²) < 4.78 is 2.29. The number of allylic oxidation sites excluding steroid dienone is 6. The van der Waals surface area contributed by atoms with Gasteiger partial charge in [-0.2, -0.15) is 0 Å². The predicted molar refractivity (Wildman–Crippen MR) is 315 cm³/mol. The molecule has 0 aliphatic heterocycles. The Balaban J connectivity index is 0.986. The van der Waals surface area contributed by atoms with Crippen molar-refractivity contribution in [1.82, 2.24) is 9.55 Å². The average Bonchev–Trinajstić information content (AvgIpc) is 3.66. The number of imidazole rings is 1. The second kappa shape index (κ2) is 18.2. The van der Waals surface area contributed by atoms with Gasteiger partial charge < -0.3 is 0 Å². The van der Waals surface area contributed by atoms with Gasteiger partial charge in [-0.3, -0.25) is 4.57 Å². The molecule has 12 aromatic carbocycles. The molecule has 13 aromatic rings. The van der Waals surface area contributed by atoms with Gasteiger partial charge in [0.25, 0.3) is 0 Å². The molecule has 14 rings (SSSR count). The molecule has 0 amide bonds. The Morgan fingerprint density at radius 3 is 1.28 bits per heavy atom. The molecule has 0 radical (unpaired) electrons. The van der Waals surface area contributed by atoms with Crippen molar-refractivity contribution in [2.75, 3.05) is 0 Å². The highest BCUT2D eigenvalue weighted by Crippen LogP contribution is 2.49. The minimum absolute atomic E-state index is 0.908. The molecule has 0 atom stereocenters. The van der Waals surface area contributed by atoms with Crippen molar-refractivity contribution in [2.45, 2.75) is 6.42 Å². The number of hydrogen-bond acceptors (Lipinski definition) is 1. The van der Waals surface area contributed by atoms with Gasteiger partial charge in [0.05, 0.1) is 11.0 Å². The molecule has 0 spiro atoms. The first kappa shape index (κ1) is 43.2. The third-order valence-corrected chi connectivity index (χ3v) is 15.0. The van der Waals surface area contributed by atoms with E-state index in [4.69, 9.17) is 4.98 Å². The number of hydrogen-bond donors (Lipinski definition) is 0. The van der Waals surface area contributed by atoms with Gasteiger partial charge >= 0.3 is 0 Å². The summed E-state index contributed by atoms with van der Waals surface area (Å²) in [6, 6.07) is 91.4. The first-order chi connectivity index (χ1) is 36.7. The van der Waals surface area contributed by atoms with Gasteiger partial charge in [0, 0.05) is 11.3 Å². The third kappa shape index (κ3) is 7.38. The van der Waals surface area contributed by atoms with Crippen LogP contribution < -0.4 is 0 Å². The summed E-state index contributed by atoms with van der Waals surface area (Å²) in [5, 5.41) is 9.77. The van der Waals surface area contributed by atoms with Crippen LogP contribution in [-0.4, -0.2) is 9.55 Å². The Morgan fingerprint density at radius 1 is 0.297 bits per heavy atom. The monoisotopic (exact) mass is 940 g/mol. The van der Waals surface area contributed by atoms with Gasteiger partial charge in [-0.25, -0.2) is 4.98 Å². The predicted octanol–water partition coefficient (Wildman–Crippen LogP) is 19.7. The average molecular weight is 941 g/mol. The van der Waals surface area contributed by atoms with Crippen molar-refractivity contribution in [1.29, 1.82) is 0 Å². The highest BCUT2D eigenvalue weighted by molar-refractivity contribution is 6.25. The van der Waals surface area contributed by atoms with E-state index in [0.29, 0.717) is 0 Å². The lowest BCUT2D eigenvalue weighted by atomic mass is 9.82. The summed E-state index contributed by atoms with van der Waals surface area (Å²) in [7, 11) is 0. The van der Waals surface area contributed by atoms with Crippen molar-refractivity contribution in [2.24, 2.45) is 0 Å². The Bertz CT molecular complexity index is 4360. The lowest BCUT2D eigenvalue weighted by molar-refractivity contribution is 1.14. The number of rotatable bonds is 8. The quantitative estimate of drug-likeness (QED) is 0.139. The van der Waals surface area contributed by atoms with Gasteiger partial charge in [-0.05, 0) is 159 Å². The first-order valence-electron chi connectivity index (χ1n) is 25.6. The number of nitrogens with zero attached hydrogens (tertiary/aromatic N) is 2. The minimum Gasteiger partial charge on any atom is -0.292 e. The van der Waals surface area contributed by atoms with Crippen LogP contribution in [0.25, 0.3) is 138 Å². The molecular weight excluding hydrogens is 893 g/mol.